The van der Waals surface area contributed by atoms with Crippen molar-refractivity contribution in [1.29, 1.82) is 0 Å². The number of fused-ring (bicyclic) bond motifs is 1. The maximum absolute atomic E-state index is 12.1. The molecule has 4 aromatic rings. The van der Waals surface area contributed by atoms with Gasteiger partial charge < -0.3 is 25.0 Å². The van der Waals surface area contributed by atoms with Crippen LogP contribution in [0.15, 0.2) is 91.0 Å². The highest BCUT2D eigenvalue weighted by Gasteiger charge is 2.39. The third kappa shape index (κ3) is 8.39. The van der Waals surface area contributed by atoms with Gasteiger partial charge in [-0.2, -0.15) is 0 Å². The number of carboxylic acid groups (broad SMARTS) is 1. The normalized spacial score (nSPS) is 20.5. The zero-order chi connectivity index (χ0) is 32.6. The van der Waals surface area contributed by atoms with Crippen molar-refractivity contribution in [3.8, 4) is 0 Å². The minimum absolute atomic E-state index is 0.0116. The van der Waals surface area contributed by atoms with Crippen LogP contribution in [0.2, 0.25) is 0 Å². The van der Waals surface area contributed by atoms with Crippen LogP contribution in [0, 0.1) is 5.92 Å². The molecule has 0 aromatic heterocycles. The highest BCUT2D eigenvalue weighted by Crippen LogP contribution is 2.42. The standard InChI is InChI=1S/C38H44N2O6/c1-25-34(23-40(3)26(2)32-20-19-29-7-4-5-8-33(29)21-32)45-38(46-37(25)30-15-13-28(24-41)14-16-30)31-17-11-27(12-18-31)22-39-35(42)9-6-10-36(43)44/h4-5,7-8,11-21,25-26,34,37-38,41H,6,9-10,22-24H2,1-3H3,(H,39,42)(H,43,44)/t25-,26-,34+,37+,38+/m1/s1. The largest absolute Gasteiger partial charge is 0.481 e. The minimum Gasteiger partial charge on any atom is -0.481 e. The summed E-state index contributed by atoms with van der Waals surface area (Å²) in [6, 6.07) is 31.0. The molecule has 0 spiro atoms. The van der Waals surface area contributed by atoms with Gasteiger partial charge in [0, 0.05) is 43.5 Å². The highest BCUT2D eigenvalue weighted by atomic mass is 16.7. The molecule has 1 fully saturated rings. The lowest BCUT2D eigenvalue weighted by atomic mass is 9.89. The second-order valence-corrected chi connectivity index (χ2v) is 12.3. The van der Waals surface area contributed by atoms with Crippen LogP contribution in [0.1, 0.15) is 79.4 Å². The molecule has 8 heteroatoms. The Hall–Kier alpha value is -4.08. The van der Waals surface area contributed by atoms with Crippen molar-refractivity contribution >= 4 is 22.6 Å². The number of carbonyl (C=O) groups is 2. The van der Waals surface area contributed by atoms with Crippen LogP contribution in [0.25, 0.3) is 10.8 Å². The first-order valence-electron chi connectivity index (χ1n) is 16.0. The topological polar surface area (TPSA) is 108 Å². The SMILES string of the molecule is C[C@@H]1[C@H](CN(C)[C@H](C)c2ccc3ccccc3c2)O[C@H](c2ccc(CNC(=O)CCCC(=O)O)cc2)O[C@@H]1c1ccc(CO)cc1. The Morgan fingerprint density at radius 1 is 0.870 bits per heavy atom. The van der Waals surface area contributed by atoms with E-state index in [2.05, 4.69) is 73.6 Å². The Labute approximate surface area is 271 Å². The van der Waals surface area contributed by atoms with Gasteiger partial charge in [-0.25, -0.2) is 0 Å². The van der Waals surface area contributed by atoms with Crippen LogP contribution in [0.5, 0.6) is 0 Å². The zero-order valence-corrected chi connectivity index (χ0v) is 26.8. The van der Waals surface area contributed by atoms with Gasteiger partial charge in [-0.15, -0.1) is 0 Å². The van der Waals surface area contributed by atoms with E-state index < -0.39 is 12.3 Å². The highest BCUT2D eigenvalue weighted by molar-refractivity contribution is 5.83. The van der Waals surface area contributed by atoms with Crippen LogP contribution in [0.4, 0.5) is 0 Å². The Morgan fingerprint density at radius 2 is 1.54 bits per heavy atom. The number of aliphatic carboxylic acids is 1. The Morgan fingerprint density at radius 3 is 2.24 bits per heavy atom. The number of hydrogen-bond donors (Lipinski definition) is 3. The molecule has 5 rings (SSSR count). The molecule has 1 aliphatic rings. The van der Waals surface area contributed by atoms with E-state index in [0.717, 1.165) is 22.3 Å². The molecule has 242 valence electrons. The summed E-state index contributed by atoms with van der Waals surface area (Å²) in [6.45, 7) is 5.44. The molecule has 46 heavy (non-hydrogen) atoms. The van der Waals surface area contributed by atoms with E-state index in [1.54, 1.807) is 0 Å². The van der Waals surface area contributed by atoms with E-state index in [1.165, 1.54) is 16.3 Å². The molecule has 1 aliphatic heterocycles. The lowest BCUT2D eigenvalue weighted by Gasteiger charge is -2.43. The maximum Gasteiger partial charge on any atom is 0.303 e. The Bertz CT molecular complexity index is 1610. The predicted molar refractivity (Wildman–Crippen MR) is 178 cm³/mol. The van der Waals surface area contributed by atoms with Crippen LogP contribution in [-0.2, 0) is 32.2 Å². The molecule has 0 saturated carbocycles. The number of likely N-dealkylation sites (N-methyl/N-ethyl adjacent to an activating group) is 1. The average Bonchev–Trinajstić information content (AvgIpc) is 3.07. The number of aliphatic hydroxyl groups is 1. The average molecular weight is 625 g/mol. The van der Waals surface area contributed by atoms with Crippen LogP contribution in [0.3, 0.4) is 0 Å². The minimum atomic E-state index is -0.900. The molecule has 1 saturated heterocycles. The van der Waals surface area contributed by atoms with E-state index in [9.17, 15) is 14.7 Å². The number of benzene rings is 4. The first-order valence-corrected chi connectivity index (χ1v) is 16.0. The monoisotopic (exact) mass is 624 g/mol. The van der Waals surface area contributed by atoms with Gasteiger partial charge in [0.15, 0.2) is 6.29 Å². The summed E-state index contributed by atoms with van der Waals surface area (Å²) in [5.41, 5.74) is 4.95. The smallest absolute Gasteiger partial charge is 0.303 e. The van der Waals surface area contributed by atoms with Crippen molar-refractivity contribution in [3.05, 3.63) is 119 Å². The lowest BCUT2D eigenvalue weighted by Crippen LogP contribution is -2.44. The van der Waals surface area contributed by atoms with E-state index in [4.69, 9.17) is 14.6 Å². The van der Waals surface area contributed by atoms with Crippen molar-refractivity contribution in [2.24, 2.45) is 5.92 Å². The Balaban J connectivity index is 1.30. The summed E-state index contributed by atoms with van der Waals surface area (Å²) >= 11 is 0. The Kier molecular flexibility index (Phi) is 11.2. The van der Waals surface area contributed by atoms with Gasteiger partial charge in [0.05, 0.1) is 18.8 Å². The van der Waals surface area contributed by atoms with Gasteiger partial charge in [0.1, 0.15) is 0 Å². The molecule has 0 radical (unpaired) electrons. The number of aliphatic hydroxyl groups excluding tert-OH is 1. The van der Waals surface area contributed by atoms with Crippen LogP contribution >= 0.6 is 0 Å². The van der Waals surface area contributed by atoms with Gasteiger partial charge >= 0.3 is 5.97 Å². The molecule has 5 atom stereocenters. The van der Waals surface area contributed by atoms with E-state index >= 15 is 0 Å². The molecule has 4 aromatic carbocycles. The molecule has 0 unspecified atom stereocenters. The summed E-state index contributed by atoms with van der Waals surface area (Å²) in [7, 11) is 2.14. The van der Waals surface area contributed by atoms with Crippen molar-refractivity contribution in [1.82, 2.24) is 10.2 Å². The van der Waals surface area contributed by atoms with Crippen LogP contribution < -0.4 is 5.32 Å². The van der Waals surface area contributed by atoms with Gasteiger partial charge in [-0.05, 0) is 59.5 Å². The fraction of sp³-hybridized carbons (Fsp3) is 0.368. The number of carboxylic acids is 1. The van der Waals surface area contributed by atoms with Gasteiger partial charge in [-0.1, -0.05) is 91.9 Å². The number of nitrogens with zero attached hydrogens (tertiary/aromatic N) is 1. The summed E-state index contributed by atoms with van der Waals surface area (Å²) in [4.78, 5) is 25.2. The fourth-order valence-corrected chi connectivity index (χ4v) is 5.97. The molecular formula is C38H44N2O6. The zero-order valence-electron chi connectivity index (χ0n) is 26.8. The second-order valence-electron chi connectivity index (χ2n) is 12.3. The van der Waals surface area contributed by atoms with Crippen molar-refractivity contribution in [2.75, 3.05) is 13.6 Å². The fourth-order valence-electron chi connectivity index (χ4n) is 5.97. The van der Waals surface area contributed by atoms with E-state index in [-0.39, 0.29) is 49.5 Å². The summed E-state index contributed by atoms with van der Waals surface area (Å²) < 4.78 is 13.3. The number of carbonyl (C=O) groups excluding carboxylic acids is 1. The summed E-state index contributed by atoms with van der Waals surface area (Å²) in [6.07, 6.45) is -0.455. The maximum atomic E-state index is 12.1. The quantitative estimate of drug-likeness (QED) is 0.152. The molecular weight excluding hydrogens is 580 g/mol. The van der Waals surface area contributed by atoms with Gasteiger partial charge in [0.25, 0.3) is 0 Å². The summed E-state index contributed by atoms with van der Waals surface area (Å²) in [5, 5.41) is 23.7. The first-order chi connectivity index (χ1) is 22.2. The number of hydrogen-bond acceptors (Lipinski definition) is 6. The van der Waals surface area contributed by atoms with E-state index in [0.29, 0.717) is 19.5 Å². The molecule has 8 nitrogen and oxygen atoms in total. The molecule has 1 amide bonds. The lowest BCUT2D eigenvalue weighted by molar-refractivity contribution is -0.276. The van der Waals surface area contributed by atoms with E-state index in [1.807, 2.05) is 48.5 Å². The number of ether oxygens (including phenoxy) is 2. The third-order valence-corrected chi connectivity index (χ3v) is 9.04. The van der Waals surface area contributed by atoms with Crippen molar-refractivity contribution in [2.45, 2.75) is 70.8 Å². The number of amides is 1. The molecule has 0 bridgehead atoms. The van der Waals surface area contributed by atoms with Crippen LogP contribution in [-0.4, -0.2) is 46.7 Å². The number of rotatable bonds is 13. The molecule has 0 aliphatic carbocycles. The second kappa shape index (κ2) is 15.5. The first kappa shape index (κ1) is 33.3. The van der Waals surface area contributed by atoms with Crippen molar-refractivity contribution < 1.29 is 29.3 Å². The van der Waals surface area contributed by atoms with Gasteiger partial charge in [-0.3, -0.25) is 14.5 Å². The molecule has 3 N–H and O–H groups in total. The summed E-state index contributed by atoms with van der Waals surface area (Å²) in [5.74, 6) is -1.01. The third-order valence-electron chi connectivity index (χ3n) is 9.04. The van der Waals surface area contributed by atoms with Crippen molar-refractivity contribution in [3.63, 3.8) is 0 Å². The predicted octanol–water partition coefficient (Wildman–Crippen LogP) is 6.69. The number of nitrogens with one attached hydrogen (secondary N) is 1. The van der Waals surface area contributed by atoms with Gasteiger partial charge in [0.2, 0.25) is 5.91 Å². The molecule has 1 heterocycles.